The molecule has 2 aromatic carbocycles. The number of carbonyl (C=O) groups is 2. The van der Waals surface area contributed by atoms with Crippen LogP contribution in [-0.2, 0) is 16.0 Å². The van der Waals surface area contributed by atoms with Gasteiger partial charge in [0.25, 0.3) is 5.56 Å². The van der Waals surface area contributed by atoms with E-state index in [2.05, 4.69) is 34.7 Å². The topological polar surface area (TPSA) is 93.1 Å². The second-order valence-corrected chi connectivity index (χ2v) is 8.62. The molecule has 2 heterocycles. The van der Waals surface area contributed by atoms with E-state index in [1.807, 2.05) is 17.5 Å². The van der Waals surface area contributed by atoms with Gasteiger partial charge < -0.3 is 10.6 Å². The molecule has 1 atom stereocenters. The van der Waals surface area contributed by atoms with Crippen molar-refractivity contribution in [3.63, 3.8) is 0 Å². The van der Waals surface area contributed by atoms with Crippen LogP contribution in [0.4, 0.5) is 11.4 Å². The second kappa shape index (κ2) is 9.38. The summed E-state index contributed by atoms with van der Waals surface area (Å²) in [6.45, 7) is 5.19. The van der Waals surface area contributed by atoms with Crippen LogP contribution in [0.2, 0.25) is 0 Å². The lowest BCUT2D eigenvalue weighted by Crippen LogP contribution is -2.31. The normalized spacial score (nSPS) is 11.8. The van der Waals surface area contributed by atoms with E-state index in [0.29, 0.717) is 21.6 Å². The fraction of sp³-hybridized carbons (Fsp3) is 0.200. The number of anilines is 2. The van der Waals surface area contributed by atoms with Crippen LogP contribution in [0, 0.1) is 0 Å². The molecule has 0 aliphatic rings. The minimum Gasteiger partial charge on any atom is -0.326 e. The van der Waals surface area contributed by atoms with Crippen LogP contribution < -0.4 is 16.2 Å². The van der Waals surface area contributed by atoms with Crippen molar-refractivity contribution in [3.8, 4) is 11.1 Å². The molecule has 33 heavy (non-hydrogen) atoms. The SMILES string of the molecule is CCc1ccc(-c2csc3ncn([C@H](C)C(=O)Nc4ccc(NC(C)=O)cc4)c(=O)c23)cc1. The molecule has 8 heteroatoms. The van der Waals surface area contributed by atoms with Crippen LogP contribution in [0.1, 0.15) is 32.4 Å². The number of thiophene rings is 1. The number of aryl methyl sites for hydroxylation is 1. The van der Waals surface area contributed by atoms with E-state index in [1.54, 1.807) is 31.2 Å². The molecule has 0 radical (unpaired) electrons. The fourth-order valence-electron chi connectivity index (χ4n) is 3.57. The Morgan fingerprint density at radius 1 is 1.03 bits per heavy atom. The third-order valence-electron chi connectivity index (χ3n) is 5.46. The van der Waals surface area contributed by atoms with Gasteiger partial charge >= 0.3 is 0 Å². The largest absolute Gasteiger partial charge is 0.326 e. The Kier molecular flexibility index (Phi) is 6.37. The summed E-state index contributed by atoms with van der Waals surface area (Å²) in [5, 5.41) is 7.94. The number of hydrogen-bond donors (Lipinski definition) is 2. The maximum Gasteiger partial charge on any atom is 0.263 e. The molecule has 0 aliphatic heterocycles. The van der Waals surface area contributed by atoms with Crippen molar-refractivity contribution in [2.45, 2.75) is 33.2 Å². The number of benzene rings is 2. The standard InChI is InChI=1S/C25H24N4O3S/c1-4-17-5-7-18(8-6-17)21-13-33-24-22(21)25(32)29(14-26-24)15(2)23(31)28-20-11-9-19(10-12-20)27-16(3)30/h5-15H,4H2,1-3H3,(H,27,30)(H,28,31)/t15-/m1/s1. The van der Waals surface area contributed by atoms with Crippen molar-refractivity contribution in [3.05, 3.63) is 76.2 Å². The van der Waals surface area contributed by atoms with Crippen LogP contribution >= 0.6 is 11.3 Å². The quantitative estimate of drug-likeness (QED) is 0.430. The van der Waals surface area contributed by atoms with Gasteiger partial charge in [-0.2, -0.15) is 0 Å². The first-order chi connectivity index (χ1) is 15.9. The van der Waals surface area contributed by atoms with Gasteiger partial charge in [0.2, 0.25) is 11.8 Å². The van der Waals surface area contributed by atoms with Gasteiger partial charge in [-0.25, -0.2) is 4.98 Å². The first-order valence-electron chi connectivity index (χ1n) is 10.6. The van der Waals surface area contributed by atoms with E-state index >= 15 is 0 Å². The van der Waals surface area contributed by atoms with Crippen molar-refractivity contribution >= 4 is 44.7 Å². The van der Waals surface area contributed by atoms with E-state index in [9.17, 15) is 14.4 Å². The fourth-order valence-corrected chi connectivity index (χ4v) is 4.47. The molecule has 2 N–H and O–H groups in total. The zero-order valence-electron chi connectivity index (χ0n) is 18.6. The van der Waals surface area contributed by atoms with Crippen LogP contribution in [0.15, 0.2) is 65.0 Å². The summed E-state index contributed by atoms with van der Waals surface area (Å²) in [6.07, 6.45) is 2.37. The molecule has 0 aliphatic carbocycles. The van der Waals surface area contributed by atoms with E-state index < -0.39 is 6.04 Å². The summed E-state index contributed by atoms with van der Waals surface area (Å²) >= 11 is 1.41. The Balaban J connectivity index is 1.60. The van der Waals surface area contributed by atoms with Crippen LogP contribution in [0.5, 0.6) is 0 Å². The van der Waals surface area contributed by atoms with E-state index in [4.69, 9.17) is 0 Å². The summed E-state index contributed by atoms with van der Waals surface area (Å²) < 4.78 is 1.36. The summed E-state index contributed by atoms with van der Waals surface area (Å²) in [5.41, 5.74) is 3.95. The van der Waals surface area contributed by atoms with Crippen molar-refractivity contribution in [2.75, 3.05) is 10.6 Å². The molecule has 0 saturated carbocycles. The van der Waals surface area contributed by atoms with Gasteiger partial charge in [-0.1, -0.05) is 31.2 Å². The molecule has 0 unspecified atom stereocenters. The predicted molar refractivity (Wildman–Crippen MR) is 133 cm³/mol. The molecular formula is C25H24N4O3S. The van der Waals surface area contributed by atoms with E-state index in [-0.39, 0.29) is 17.4 Å². The van der Waals surface area contributed by atoms with Gasteiger partial charge in [0.1, 0.15) is 10.9 Å². The first-order valence-corrected chi connectivity index (χ1v) is 11.5. The zero-order chi connectivity index (χ0) is 23.5. The number of hydrogen-bond acceptors (Lipinski definition) is 5. The highest BCUT2D eigenvalue weighted by molar-refractivity contribution is 7.17. The highest BCUT2D eigenvalue weighted by atomic mass is 32.1. The number of nitrogens with one attached hydrogen (secondary N) is 2. The zero-order valence-corrected chi connectivity index (χ0v) is 19.4. The Morgan fingerprint density at radius 2 is 1.67 bits per heavy atom. The number of aromatic nitrogens is 2. The number of rotatable bonds is 6. The van der Waals surface area contributed by atoms with Crippen LogP contribution in [-0.4, -0.2) is 21.4 Å². The molecule has 4 aromatic rings. The third kappa shape index (κ3) is 4.70. The van der Waals surface area contributed by atoms with E-state index in [1.165, 1.54) is 34.7 Å². The van der Waals surface area contributed by atoms with Gasteiger partial charge in [0, 0.05) is 29.2 Å². The maximum atomic E-state index is 13.4. The maximum absolute atomic E-state index is 13.4. The molecular weight excluding hydrogens is 436 g/mol. The van der Waals surface area contributed by atoms with Crippen LogP contribution in [0.3, 0.4) is 0 Å². The average molecular weight is 461 g/mol. The monoisotopic (exact) mass is 460 g/mol. The second-order valence-electron chi connectivity index (χ2n) is 7.76. The predicted octanol–water partition coefficient (Wildman–Crippen LogP) is 4.85. The molecule has 7 nitrogen and oxygen atoms in total. The van der Waals surface area contributed by atoms with Crippen molar-refractivity contribution in [1.82, 2.24) is 9.55 Å². The van der Waals surface area contributed by atoms with E-state index in [0.717, 1.165) is 17.5 Å². The Hall–Kier alpha value is -3.78. The molecule has 168 valence electrons. The Labute approximate surface area is 195 Å². The van der Waals surface area contributed by atoms with Gasteiger partial charge in [0.15, 0.2) is 0 Å². The minimum absolute atomic E-state index is 0.170. The molecule has 0 saturated heterocycles. The molecule has 2 amide bonds. The van der Waals surface area contributed by atoms with Crippen molar-refractivity contribution in [1.29, 1.82) is 0 Å². The van der Waals surface area contributed by atoms with Crippen LogP contribution in [0.25, 0.3) is 21.3 Å². The molecule has 0 spiro atoms. The summed E-state index contributed by atoms with van der Waals surface area (Å²) in [4.78, 5) is 42.5. The number of nitrogens with zero attached hydrogens (tertiary/aromatic N) is 2. The summed E-state index contributed by atoms with van der Waals surface area (Å²) in [7, 11) is 0. The number of carbonyl (C=O) groups excluding carboxylic acids is 2. The van der Waals surface area contributed by atoms with Crippen molar-refractivity contribution < 1.29 is 9.59 Å². The summed E-state index contributed by atoms with van der Waals surface area (Å²) in [6, 6.07) is 14.2. The Morgan fingerprint density at radius 3 is 2.27 bits per heavy atom. The molecule has 2 aromatic heterocycles. The van der Waals surface area contributed by atoms with Gasteiger partial charge in [-0.05, 0) is 48.7 Å². The first kappa shape index (κ1) is 22.4. The Bertz CT molecular complexity index is 1370. The number of amides is 2. The number of fused-ring (bicyclic) bond motifs is 1. The highest BCUT2D eigenvalue weighted by Gasteiger charge is 2.20. The van der Waals surface area contributed by atoms with Gasteiger partial charge in [-0.15, -0.1) is 11.3 Å². The molecule has 0 bridgehead atoms. The lowest BCUT2D eigenvalue weighted by atomic mass is 10.0. The lowest BCUT2D eigenvalue weighted by molar-refractivity contribution is -0.119. The average Bonchev–Trinajstić information content (AvgIpc) is 3.25. The van der Waals surface area contributed by atoms with Gasteiger partial charge in [0.05, 0.1) is 11.7 Å². The smallest absolute Gasteiger partial charge is 0.263 e. The highest BCUT2D eigenvalue weighted by Crippen LogP contribution is 2.31. The van der Waals surface area contributed by atoms with Crippen molar-refractivity contribution in [2.24, 2.45) is 0 Å². The lowest BCUT2D eigenvalue weighted by Gasteiger charge is -2.15. The third-order valence-corrected chi connectivity index (χ3v) is 6.35. The molecule has 4 rings (SSSR count). The minimum atomic E-state index is -0.764. The van der Waals surface area contributed by atoms with Gasteiger partial charge in [-0.3, -0.25) is 19.0 Å². The summed E-state index contributed by atoms with van der Waals surface area (Å²) in [5.74, 6) is -0.508. The molecule has 0 fully saturated rings.